The largest absolute Gasteiger partial charge is 0.494 e. The van der Waals surface area contributed by atoms with Crippen molar-refractivity contribution < 1.29 is 19.4 Å². The first-order valence-electron chi connectivity index (χ1n) is 12.2. The Labute approximate surface area is 224 Å². The van der Waals surface area contributed by atoms with Crippen molar-refractivity contribution in [1.82, 2.24) is 5.32 Å². The van der Waals surface area contributed by atoms with Gasteiger partial charge < -0.3 is 19.9 Å². The minimum absolute atomic E-state index is 0.0307. The molecule has 0 saturated carbocycles. The first-order valence-corrected chi connectivity index (χ1v) is 12.2. The topological polar surface area (TPSA) is 178 Å². The Hall–Kier alpha value is -5.02. The fraction of sp³-hybridized carbons (Fsp3) is 0.259. The highest BCUT2D eigenvalue weighted by Crippen LogP contribution is 2.46. The molecule has 0 bridgehead atoms. The lowest BCUT2D eigenvalue weighted by molar-refractivity contribution is -0.128. The van der Waals surface area contributed by atoms with Gasteiger partial charge in [-0.3, -0.25) is 4.79 Å². The normalized spacial score (nSPS) is 17.7. The Morgan fingerprint density at radius 3 is 2.41 bits per heavy atom. The summed E-state index contributed by atoms with van der Waals surface area (Å²) < 4.78 is 12.0. The van der Waals surface area contributed by atoms with Gasteiger partial charge in [-0.1, -0.05) is 58.8 Å². The fourth-order valence-electron chi connectivity index (χ4n) is 4.42. The van der Waals surface area contributed by atoms with Crippen molar-refractivity contribution >= 4 is 23.2 Å². The van der Waals surface area contributed by atoms with Crippen molar-refractivity contribution in [3.63, 3.8) is 0 Å². The summed E-state index contributed by atoms with van der Waals surface area (Å²) in [5, 5.41) is 19.3. The number of likely N-dealkylation sites (N-methyl/N-ethyl adjacent to an activating group) is 1. The monoisotopic (exact) mass is 526 g/mol. The zero-order chi connectivity index (χ0) is 27.7. The number of rotatable bonds is 11. The van der Waals surface area contributed by atoms with Crippen LogP contribution in [0.25, 0.3) is 20.9 Å². The minimum atomic E-state index is -1.54. The van der Waals surface area contributed by atoms with Crippen LogP contribution >= 0.6 is 0 Å². The molecule has 4 rings (SSSR count). The number of amides is 1. The number of carbonyl (C=O) groups excluding carboxylic acids is 1. The number of aliphatic imine (C=N–C) groups is 1. The molecule has 1 aliphatic heterocycles. The first-order chi connectivity index (χ1) is 19.1. The molecule has 1 heterocycles. The van der Waals surface area contributed by atoms with Gasteiger partial charge in [0.2, 0.25) is 5.90 Å². The molecule has 3 aromatic carbocycles. The highest BCUT2D eigenvalue weighted by Gasteiger charge is 2.53. The average Bonchev–Trinajstić information content (AvgIpc) is 3.35. The Morgan fingerprint density at radius 1 is 1.05 bits per heavy atom. The average molecular weight is 527 g/mol. The molecule has 3 aromatic rings. The molecule has 0 spiro atoms. The van der Waals surface area contributed by atoms with Crippen molar-refractivity contribution in [1.29, 1.82) is 0 Å². The molecule has 0 aromatic heterocycles. The van der Waals surface area contributed by atoms with Crippen molar-refractivity contribution in [2.75, 3.05) is 20.3 Å². The maximum atomic E-state index is 13.7. The van der Waals surface area contributed by atoms with Crippen LogP contribution in [0.1, 0.15) is 29.2 Å². The second-order valence-electron chi connectivity index (χ2n) is 8.61. The molecule has 0 saturated heterocycles. The van der Waals surface area contributed by atoms with E-state index < -0.39 is 17.6 Å². The molecule has 0 unspecified atom stereocenters. The number of aliphatic hydroxyl groups is 1. The van der Waals surface area contributed by atoms with E-state index in [0.29, 0.717) is 46.8 Å². The highest BCUT2D eigenvalue weighted by atomic mass is 16.5. The van der Waals surface area contributed by atoms with Crippen LogP contribution < -0.4 is 10.1 Å². The van der Waals surface area contributed by atoms with Gasteiger partial charge in [-0.2, -0.15) is 0 Å². The van der Waals surface area contributed by atoms with Crippen LogP contribution in [0, 0.1) is 0 Å². The fourth-order valence-corrected chi connectivity index (χ4v) is 4.42. The van der Waals surface area contributed by atoms with Crippen LogP contribution in [0.5, 0.6) is 5.75 Å². The third-order valence-electron chi connectivity index (χ3n) is 6.23. The SMILES string of the molecule is CNC(=O)[C@]1(Cc2ccccc2N=[N+]=[N-])N=C(c2ccc(OCCCO)cc2)O[C@@H]1c1ccccc1N=[N+]=[N-]. The Balaban J connectivity index is 1.85. The molecule has 0 aliphatic carbocycles. The Morgan fingerprint density at radius 2 is 1.72 bits per heavy atom. The van der Waals surface area contributed by atoms with E-state index in [9.17, 15) is 10.3 Å². The van der Waals surface area contributed by atoms with Gasteiger partial charge in [0.05, 0.1) is 6.61 Å². The van der Waals surface area contributed by atoms with Gasteiger partial charge in [0.1, 0.15) is 5.75 Å². The van der Waals surface area contributed by atoms with Crippen LogP contribution in [0.2, 0.25) is 0 Å². The first kappa shape index (κ1) is 27.0. The minimum Gasteiger partial charge on any atom is -0.494 e. The van der Waals surface area contributed by atoms with Crippen LogP contribution in [-0.4, -0.2) is 42.7 Å². The standard InChI is InChI=1S/C27H26N8O4/c1-30-26(37)27(17-19-7-2-4-9-22(19)32-34-28)24(21-8-3-5-10-23(21)33-35-29)39-25(31-27)18-11-13-20(14-12-18)38-16-6-15-36/h2-5,7-14,24,36H,6,15-17H2,1H3,(H,30,37)/t24-,27-/m1/s1. The summed E-state index contributed by atoms with van der Waals surface area (Å²) in [6.07, 6.45) is -0.438. The van der Waals surface area contributed by atoms with Crippen molar-refractivity contribution in [3.8, 4) is 5.75 Å². The molecular formula is C27H26N8O4. The summed E-state index contributed by atoms with van der Waals surface area (Å²) in [4.78, 5) is 24.4. The molecule has 2 atom stereocenters. The van der Waals surface area contributed by atoms with Crippen molar-refractivity contribution in [2.24, 2.45) is 15.2 Å². The number of azide groups is 2. The maximum Gasteiger partial charge on any atom is 0.252 e. The maximum absolute atomic E-state index is 13.7. The van der Waals surface area contributed by atoms with E-state index in [4.69, 9.17) is 25.1 Å². The molecule has 1 aliphatic rings. The molecule has 198 valence electrons. The Bertz CT molecular complexity index is 1460. The van der Waals surface area contributed by atoms with E-state index in [1.807, 2.05) is 0 Å². The zero-order valence-electron chi connectivity index (χ0n) is 21.1. The summed E-state index contributed by atoms with van der Waals surface area (Å²) in [7, 11) is 1.51. The number of hydrogen-bond acceptors (Lipinski definition) is 7. The zero-order valence-corrected chi connectivity index (χ0v) is 21.1. The third kappa shape index (κ3) is 5.78. The number of nitrogens with one attached hydrogen (secondary N) is 1. The van der Waals surface area contributed by atoms with Crippen LogP contribution in [-0.2, 0) is 16.0 Å². The van der Waals surface area contributed by atoms with Gasteiger partial charge in [0.15, 0.2) is 11.6 Å². The predicted molar refractivity (Wildman–Crippen MR) is 145 cm³/mol. The number of carbonyl (C=O) groups is 1. The number of aliphatic hydroxyl groups excluding tert-OH is 1. The molecule has 12 heteroatoms. The van der Waals surface area contributed by atoms with Gasteiger partial charge in [0, 0.05) is 58.8 Å². The summed E-state index contributed by atoms with van der Waals surface area (Å²) in [5.41, 5.74) is 19.0. The van der Waals surface area contributed by atoms with E-state index in [1.165, 1.54) is 7.05 Å². The lowest BCUT2D eigenvalue weighted by atomic mass is 9.81. The van der Waals surface area contributed by atoms with Crippen molar-refractivity contribution in [3.05, 3.63) is 110 Å². The highest BCUT2D eigenvalue weighted by molar-refractivity contribution is 6.01. The summed E-state index contributed by atoms with van der Waals surface area (Å²) in [6, 6.07) is 20.8. The summed E-state index contributed by atoms with van der Waals surface area (Å²) in [6.45, 7) is 0.405. The van der Waals surface area contributed by atoms with E-state index in [0.717, 1.165) is 0 Å². The van der Waals surface area contributed by atoms with E-state index in [-0.39, 0.29) is 18.9 Å². The van der Waals surface area contributed by atoms with Gasteiger partial charge in [-0.15, -0.1) is 0 Å². The smallest absolute Gasteiger partial charge is 0.252 e. The molecule has 0 radical (unpaired) electrons. The molecule has 0 fully saturated rings. The van der Waals surface area contributed by atoms with Crippen LogP contribution in [0.15, 0.2) is 88.0 Å². The quantitative estimate of drug-likeness (QED) is 0.143. The number of benzene rings is 3. The van der Waals surface area contributed by atoms with Gasteiger partial charge in [0.25, 0.3) is 5.91 Å². The van der Waals surface area contributed by atoms with E-state index in [2.05, 4.69) is 25.4 Å². The molecule has 2 N–H and O–H groups in total. The lowest BCUT2D eigenvalue weighted by Gasteiger charge is -2.31. The van der Waals surface area contributed by atoms with E-state index in [1.54, 1.807) is 72.8 Å². The van der Waals surface area contributed by atoms with Crippen molar-refractivity contribution in [2.45, 2.75) is 24.5 Å². The number of nitrogens with zero attached hydrogens (tertiary/aromatic N) is 7. The third-order valence-corrected chi connectivity index (χ3v) is 6.23. The summed E-state index contributed by atoms with van der Waals surface area (Å²) in [5.74, 6) is 0.386. The lowest BCUT2D eigenvalue weighted by Crippen LogP contribution is -2.48. The molecule has 39 heavy (non-hydrogen) atoms. The van der Waals surface area contributed by atoms with Gasteiger partial charge in [-0.25, -0.2) is 4.99 Å². The van der Waals surface area contributed by atoms with Gasteiger partial charge >= 0.3 is 0 Å². The second-order valence-corrected chi connectivity index (χ2v) is 8.61. The second kappa shape index (κ2) is 12.5. The Kier molecular flexibility index (Phi) is 8.65. The number of ether oxygens (including phenoxy) is 2. The van der Waals surface area contributed by atoms with Crippen LogP contribution in [0.4, 0.5) is 11.4 Å². The number of hydrogen-bond donors (Lipinski definition) is 2. The predicted octanol–water partition coefficient (Wildman–Crippen LogP) is 5.58. The molecular weight excluding hydrogens is 500 g/mol. The van der Waals surface area contributed by atoms with Crippen LogP contribution in [0.3, 0.4) is 0 Å². The molecule has 1 amide bonds. The van der Waals surface area contributed by atoms with E-state index >= 15 is 0 Å². The molecule has 12 nitrogen and oxygen atoms in total. The summed E-state index contributed by atoms with van der Waals surface area (Å²) >= 11 is 0. The van der Waals surface area contributed by atoms with Gasteiger partial charge in [-0.05, 0) is 40.9 Å².